The molecule has 0 radical (unpaired) electrons. The van der Waals surface area contributed by atoms with Gasteiger partial charge in [0, 0.05) is 38.2 Å². The van der Waals surface area contributed by atoms with Crippen LogP contribution in [0.5, 0.6) is 0 Å². The first kappa shape index (κ1) is 16.7. The highest BCUT2D eigenvalue weighted by Crippen LogP contribution is 2.27. The maximum Gasteiger partial charge on any atom is 0.185 e. The first-order chi connectivity index (χ1) is 10.2. The molecule has 1 saturated heterocycles. The summed E-state index contributed by atoms with van der Waals surface area (Å²) in [4.78, 5) is 11.0. The molecule has 0 unspecified atom stereocenters. The predicted molar refractivity (Wildman–Crippen MR) is 89.2 cm³/mol. The zero-order valence-corrected chi connectivity index (χ0v) is 14.3. The van der Waals surface area contributed by atoms with E-state index in [0.29, 0.717) is 6.61 Å². The molecule has 0 saturated carbocycles. The lowest BCUT2D eigenvalue weighted by Crippen LogP contribution is -2.28. The van der Waals surface area contributed by atoms with Gasteiger partial charge in [0.25, 0.3) is 0 Å². The lowest BCUT2D eigenvalue weighted by Gasteiger charge is -2.19. The first-order valence-corrected chi connectivity index (χ1v) is 8.68. The van der Waals surface area contributed by atoms with Crippen LogP contribution >= 0.6 is 11.3 Å². The first-order valence-electron chi connectivity index (χ1n) is 7.86. The van der Waals surface area contributed by atoms with Crippen molar-refractivity contribution in [2.24, 2.45) is 0 Å². The lowest BCUT2D eigenvalue weighted by molar-refractivity contribution is 0.181. The second-order valence-corrected chi connectivity index (χ2v) is 6.68. The summed E-state index contributed by atoms with van der Waals surface area (Å²) in [5.74, 6) is 0. The van der Waals surface area contributed by atoms with E-state index >= 15 is 0 Å². The van der Waals surface area contributed by atoms with Crippen molar-refractivity contribution in [1.82, 2.24) is 15.2 Å². The Kier molecular flexibility index (Phi) is 6.89. The van der Waals surface area contributed by atoms with Gasteiger partial charge in [-0.15, -0.1) is 11.3 Å². The number of thiazole rings is 1. The quantitative estimate of drug-likeness (QED) is 0.779. The summed E-state index contributed by atoms with van der Waals surface area (Å²) in [6.07, 6.45) is 2.36. The molecule has 0 aromatic carbocycles. The molecular formula is C15H28N4OS. The van der Waals surface area contributed by atoms with E-state index in [1.54, 1.807) is 7.11 Å². The zero-order valence-electron chi connectivity index (χ0n) is 13.5. The number of ether oxygens (including phenoxy) is 1. The molecule has 6 heteroatoms. The number of anilines is 1. The molecule has 1 aliphatic rings. The van der Waals surface area contributed by atoms with Gasteiger partial charge in [-0.2, -0.15) is 0 Å². The van der Waals surface area contributed by atoms with Crippen molar-refractivity contribution >= 4 is 16.5 Å². The number of nitrogens with zero attached hydrogens (tertiary/aromatic N) is 3. The number of hydrogen-bond donors (Lipinski definition) is 1. The van der Waals surface area contributed by atoms with Crippen LogP contribution in [0, 0.1) is 0 Å². The van der Waals surface area contributed by atoms with Crippen molar-refractivity contribution in [3.63, 3.8) is 0 Å². The third-order valence-electron chi connectivity index (χ3n) is 3.75. The van der Waals surface area contributed by atoms with Gasteiger partial charge in [0.15, 0.2) is 5.13 Å². The number of nitrogens with one attached hydrogen (secondary N) is 1. The summed E-state index contributed by atoms with van der Waals surface area (Å²) in [7, 11) is 3.94. The smallest absolute Gasteiger partial charge is 0.185 e. The number of methoxy groups -OCH3 is 1. The number of aromatic nitrogens is 1. The van der Waals surface area contributed by atoms with Gasteiger partial charge in [0.1, 0.15) is 0 Å². The van der Waals surface area contributed by atoms with Crippen molar-refractivity contribution in [3.8, 4) is 0 Å². The van der Waals surface area contributed by atoms with Crippen molar-refractivity contribution < 1.29 is 4.74 Å². The molecule has 2 rings (SSSR count). The van der Waals surface area contributed by atoms with Crippen LogP contribution in [0.25, 0.3) is 0 Å². The summed E-state index contributed by atoms with van der Waals surface area (Å²) in [5, 5.41) is 4.63. The van der Waals surface area contributed by atoms with E-state index in [4.69, 9.17) is 9.72 Å². The third-order valence-corrected chi connectivity index (χ3v) is 4.91. The van der Waals surface area contributed by atoms with Crippen LogP contribution in [0.4, 0.5) is 5.13 Å². The van der Waals surface area contributed by atoms with E-state index in [1.807, 2.05) is 11.3 Å². The molecule has 1 aliphatic heterocycles. The van der Waals surface area contributed by atoms with E-state index in [9.17, 15) is 0 Å². The molecule has 1 N–H and O–H groups in total. The Labute approximate surface area is 132 Å². The summed E-state index contributed by atoms with van der Waals surface area (Å²) < 4.78 is 5.31. The van der Waals surface area contributed by atoms with Gasteiger partial charge in [0.2, 0.25) is 0 Å². The van der Waals surface area contributed by atoms with Gasteiger partial charge in [-0.25, -0.2) is 4.98 Å². The molecule has 1 aromatic rings. The molecule has 1 fully saturated rings. The van der Waals surface area contributed by atoms with E-state index in [2.05, 4.69) is 29.1 Å². The van der Waals surface area contributed by atoms with Crippen molar-refractivity contribution in [2.45, 2.75) is 32.9 Å². The highest BCUT2D eigenvalue weighted by atomic mass is 32.1. The highest BCUT2D eigenvalue weighted by molar-refractivity contribution is 7.15. The molecule has 0 aliphatic carbocycles. The minimum absolute atomic E-state index is 0.605. The van der Waals surface area contributed by atoms with Crippen LogP contribution in [0.15, 0.2) is 0 Å². The summed E-state index contributed by atoms with van der Waals surface area (Å²) >= 11 is 1.82. The van der Waals surface area contributed by atoms with Gasteiger partial charge in [-0.1, -0.05) is 6.92 Å². The average Bonchev–Trinajstić information content (AvgIpc) is 2.73. The molecule has 0 amide bonds. The minimum atomic E-state index is 0.605. The van der Waals surface area contributed by atoms with Crippen LogP contribution in [0.3, 0.4) is 0 Å². The van der Waals surface area contributed by atoms with E-state index in [1.165, 1.54) is 17.8 Å². The number of likely N-dealkylation sites (N-methyl/N-ethyl adjacent to an activating group) is 1. The fraction of sp³-hybridized carbons (Fsp3) is 0.800. The molecular weight excluding hydrogens is 284 g/mol. The average molecular weight is 312 g/mol. The maximum absolute atomic E-state index is 5.31. The van der Waals surface area contributed by atoms with Crippen molar-refractivity contribution in [3.05, 3.63) is 10.6 Å². The topological polar surface area (TPSA) is 40.6 Å². The maximum atomic E-state index is 5.31. The second kappa shape index (κ2) is 8.68. The third kappa shape index (κ3) is 4.92. The second-order valence-electron chi connectivity index (χ2n) is 5.62. The fourth-order valence-corrected chi connectivity index (χ4v) is 3.59. The highest BCUT2D eigenvalue weighted by Gasteiger charge is 2.18. The van der Waals surface area contributed by atoms with Crippen LogP contribution in [-0.2, 0) is 17.9 Å². The molecule has 1 aromatic heterocycles. The summed E-state index contributed by atoms with van der Waals surface area (Å²) in [6, 6.07) is 0. The predicted octanol–water partition coefficient (Wildman–Crippen LogP) is 1.93. The Balaban J connectivity index is 2.06. The van der Waals surface area contributed by atoms with Crippen molar-refractivity contribution in [1.29, 1.82) is 0 Å². The number of rotatable bonds is 7. The van der Waals surface area contributed by atoms with E-state index < -0.39 is 0 Å². The largest absolute Gasteiger partial charge is 0.378 e. The van der Waals surface area contributed by atoms with Crippen LogP contribution in [-0.4, -0.2) is 56.8 Å². The Bertz CT molecular complexity index is 424. The Morgan fingerprint density at radius 2 is 2.14 bits per heavy atom. The van der Waals surface area contributed by atoms with Crippen LogP contribution in [0.2, 0.25) is 0 Å². The van der Waals surface area contributed by atoms with Gasteiger partial charge >= 0.3 is 0 Å². The molecule has 0 atom stereocenters. The molecule has 2 heterocycles. The Morgan fingerprint density at radius 1 is 1.29 bits per heavy atom. The fourth-order valence-electron chi connectivity index (χ4n) is 2.51. The Morgan fingerprint density at radius 3 is 2.90 bits per heavy atom. The van der Waals surface area contributed by atoms with Crippen molar-refractivity contribution in [2.75, 3.05) is 51.8 Å². The van der Waals surface area contributed by atoms with E-state index in [0.717, 1.165) is 50.0 Å². The van der Waals surface area contributed by atoms with Gasteiger partial charge < -0.3 is 19.9 Å². The Hall–Kier alpha value is -0.690. The normalized spacial score (nSPS) is 17.2. The summed E-state index contributed by atoms with van der Waals surface area (Å²) in [6.45, 7) is 9.21. The molecule has 0 bridgehead atoms. The molecule has 21 heavy (non-hydrogen) atoms. The zero-order chi connectivity index (χ0) is 15.1. The SMILES string of the molecule is CCCNCc1sc(N2CCCN(C)CC2)nc1COC. The standard InChI is InChI=1S/C15H28N4OS/c1-4-6-16-11-14-13(12-20-3)17-15(21-14)19-8-5-7-18(2)9-10-19/h16H,4-12H2,1-3H3. The van der Waals surface area contributed by atoms with Gasteiger partial charge in [-0.3, -0.25) is 0 Å². The summed E-state index contributed by atoms with van der Waals surface area (Å²) in [5.41, 5.74) is 1.10. The van der Waals surface area contributed by atoms with Crippen LogP contribution in [0.1, 0.15) is 30.3 Å². The lowest BCUT2D eigenvalue weighted by atomic mass is 10.3. The molecule has 0 spiro atoms. The van der Waals surface area contributed by atoms with Crippen LogP contribution < -0.4 is 10.2 Å². The number of hydrogen-bond acceptors (Lipinski definition) is 6. The molecule has 5 nitrogen and oxygen atoms in total. The minimum Gasteiger partial charge on any atom is -0.378 e. The monoisotopic (exact) mass is 312 g/mol. The van der Waals surface area contributed by atoms with Gasteiger partial charge in [-0.05, 0) is 33.0 Å². The van der Waals surface area contributed by atoms with Gasteiger partial charge in [0.05, 0.1) is 12.3 Å². The molecule has 120 valence electrons. The van der Waals surface area contributed by atoms with E-state index in [-0.39, 0.29) is 0 Å².